The highest BCUT2D eigenvalue weighted by Crippen LogP contribution is 2.37. The van der Waals surface area contributed by atoms with Gasteiger partial charge in [0.15, 0.2) is 0 Å². The normalized spacial score (nSPS) is 19.6. The fourth-order valence-electron chi connectivity index (χ4n) is 0.891. The second kappa shape index (κ2) is 3.20. The van der Waals surface area contributed by atoms with Crippen molar-refractivity contribution in [2.24, 2.45) is 0 Å². The quantitative estimate of drug-likeness (QED) is 0.568. The van der Waals surface area contributed by atoms with Gasteiger partial charge in [-0.2, -0.15) is 13.2 Å². The minimum absolute atomic E-state index is 0.0805. The summed E-state index contributed by atoms with van der Waals surface area (Å²) >= 11 is 2.84. The molecule has 0 atom stereocenters. The predicted molar refractivity (Wildman–Crippen MR) is 40.4 cm³/mol. The summed E-state index contributed by atoms with van der Waals surface area (Å²) in [6, 6.07) is 0. The third-order valence-corrected chi connectivity index (χ3v) is 2.31. The van der Waals surface area contributed by atoms with Gasteiger partial charge in [0.1, 0.15) is 5.83 Å². The molecule has 1 aliphatic carbocycles. The monoisotopic (exact) mass is 244 g/mol. The molecule has 12 heavy (non-hydrogen) atoms. The van der Waals surface area contributed by atoms with Crippen molar-refractivity contribution in [1.29, 1.82) is 0 Å². The first kappa shape index (κ1) is 9.77. The molecule has 0 spiro atoms. The molecule has 0 unspecified atom stereocenters. The molecule has 68 valence electrons. The van der Waals surface area contributed by atoms with Crippen LogP contribution in [0.2, 0.25) is 0 Å². The maximum absolute atomic E-state index is 12.6. The van der Waals surface area contributed by atoms with E-state index in [4.69, 9.17) is 0 Å². The molecule has 0 bridgehead atoms. The van der Waals surface area contributed by atoms with Crippen molar-refractivity contribution < 1.29 is 17.6 Å². The van der Waals surface area contributed by atoms with Crippen LogP contribution in [0, 0.1) is 0 Å². The van der Waals surface area contributed by atoms with E-state index < -0.39 is 17.6 Å². The van der Waals surface area contributed by atoms with Gasteiger partial charge in [0.2, 0.25) is 0 Å². The molecule has 0 saturated carbocycles. The van der Waals surface area contributed by atoms with Crippen LogP contribution >= 0.6 is 15.9 Å². The van der Waals surface area contributed by atoms with Gasteiger partial charge in [0.05, 0.1) is 0 Å². The van der Waals surface area contributed by atoms with Crippen molar-refractivity contribution in [2.45, 2.75) is 19.0 Å². The van der Waals surface area contributed by atoms with Crippen LogP contribution in [0.25, 0.3) is 0 Å². The van der Waals surface area contributed by atoms with Gasteiger partial charge in [0.25, 0.3) is 0 Å². The highest BCUT2D eigenvalue weighted by atomic mass is 79.9. The topological polar surface area (TPSA) is 0 Å². The lowest BCUT2D eigenvalue weighted by atomic mass is 10.0. The van der Waals surface area contributed by atoms with Crippen LogP contribution in [-0.4, -0.2) is 6.18 Å². The Labute approximate surface area is 75.1 Å². The first-order chi connectivity index (χ1) is 5.41. The number of rotatable bonds is 0. The zero-order valence-electron chi connectivity index (χ0n) is 5.88. The van der Waals surface area contributed by atoms with Crippen molar-refractivity contribution in [3.63, 3.8) is 0 Å². The Morgan fingerprint density at radius 3 is 2.25 bits per heavy atom. The Morgan fingerprint density at radius 2 is 1.83 bits per heavy atom. The minimum atomic E-state index is -4.40. The second-order valence-corrected chi connectivity index (χ2v) is 3.38. The summed E-state index contributed by atoms with van der Waals surface area (Å²) in [6.07, 6.45) is -3.94. The van der Waals surface area contributed by atoms with Gasteiger partial charge in [-0.3, -0.25) is 0 Å². The van der Waals surface area contributed by atoms with Gasteiger partial charge in [-0.1, -0.05) is 15.9 Å². The Bertz CT molecular complexity index is 249. The van der Waals surface area contributed by atoms with Gasteiger partial charge >= 0.3 is 6.18 Å². The Hall–Kier alpha value is -0.320. The first-order valence-electron chi connectivity index (χ1n) is 3.23. The van der Waals surface area contributed by atoms with E-state index >= 15 is 0 Å². The van der Waals surface area contributed by atoms with Crippen LogP contribution in [0.5, 0.6) is 0 Å². The number of halogens is 5. The molecule has 0 radical (unpaired) electrons. The van der Waals surface area contributed by atoms with Crippen molar-refractivity contribution >= 4 is 15.9 Å². The number of hydrogen-bond donors (Lipinski definition) is 0. The lowest BCUT2D eigenvalue weighted by molar-refractivity contribution is -0.0942. The standard InChI is InChI=1S/C7H5BrF4/c8-5-2-1-4(3-6(5)9)7(10,11)12/h3H,1-2H2. The SMILES string of the molecule is FC1=C(Br)CCC(C(F)(F)F)=C1. The molecule has 0 fully saturated rings. The molecular weight excluding hydrogens is 240 g/mol. The molecule has 1 rings (SSSR count). The van der Waals surface area contributed by atoms with Crippen molar-refractivity contribution in [2.75, 3.05) is 0 Å². The lowest BCUT2D eigenvalue weighted by Crippen LogP contribution is -2.13. The molecule has 0 aliphatic heterocycles. The predicted octanol–water partition coefficient (Wildman–Crippen LogP) is 3.84. The van der Waals surface area contributed by atoms with E-state index in [0.29, 0.717) is 6.08 Å². The van der Waals surface area contributed by atoms with Crippen LogP contribution in [0.1, 0.15) is 12.8 Å². The first-order valence-corrected chi connectivity index (χ1v) is 4.02. The summed E-state index contributed by atoms with van der Waals surface area (Å²) in [5, 5.41) is 0. The van der Waals surface area contributed by atoms with Crippen LogP contribution in [0.3, 0.4) is 0 Å². The maximum atomic E-state index is 12.6. The largest absolute Gasteiger partial charge is 0.412 e. The van der Waals surface area contributed by atoms with Crippen LogP contribution in [-0.2, 0) is 0 Å². The Morgan fingerprint density at radius 1 is 1.25 bits per heavy atom. The van der Waals surface area contributed by atoms with E-state index in [1.165, 1.54) is 0 Å². The van der Waals surface area contributed by atoms with E-state index in [0.717, 1.165) is 0 Å². The van der Waals surface area contributed by atoms with Gasteiger partial charge in [-0.15, -0.1) is 0 Å². The van der Waals surface area contributed by atoms with Crippen LogP contribution < -0.4 is 0 Å². The minimum Gasteiger partial charge on any atom is -0.206 e. The third kappa shape index (κ3) is 2.09. The summed E-state index contributed by atoms with van der Waals surface area (Å²) in [6.45, 7) is 0. The van der Waals surface area contributed by atoms with E-state index in [9.17, 15) is 17.6 Å². The molecule has 0 aromatic heterocycles. The highest BCUT2D eigenvalue weighted by Gasteiger charge is 2.34. The summed E-state index contributed by atoms with van der Waals surface area (Å²) in [4.78, 5) is 0. The molecule has 0 saturated heterocycles. The van der Waals surface area contributed by atoms with Crippen LogP contribution in [0.15, 0.2) is 22.0 Å². The molecule has 1 aliphatic rings. The second-order valence-electron chi connectivity index (χ2n) is 2.42. The zero-order valence-corrected chi connectivity index (χ0v) is 7.47. The number of alkyl halides is 3. The molecule has 0 aromatic rings. The number of allylic oxidation sites excluding steroid dienone is 4. The molecule has 0 heterocycles. The molecule has 0 N–H and O–H groups in total. The molecule has 0 nitrogen and oxygen atoms in total. The van der Waals surface area contributed by atoms with Gasteiger partial charge in [-0.05, 0) is 18.9 Å². The third-order valence-electron chi connectivity index (χ3n) is 1.54. The summed E-state index contributed by atoms with van der Waals surface area (Å²) in [5.41, 5.74) is -0.803. The summed E-state index contributed by atoms with van der Waals surface area (Å²) in [7, 11) is 0. The average Bonchev–Trinajstić information content (AvgIpc) is 1.92. The van der Waals surface area contributed by atoms with E-state index in [1.54, 1.807) is 0 Å². The maximum Gasteiger partial charge on any atom is 0.412 e. The summed E-state index contributed by atoms with van der Waals surface area (Å²) < 4.78 is 48.7. The van der Waals surface area contributed by atoms with Crippen molar-refractivity contribution in [3.8, 4) is 0 Å². The van der Waals surface area contributed by atoms with Gasteiger partial charge in [0, 0.05) is 10.1 Å². The Kier molecular flexibility index (Phi) is 2.61. The van der Waals surface area contributed by atoms with E-state index in [2.05, 4.69) is 15.9 Å². The van der Waals surface area contributed by atoms with E-state index in [-0.39, 0.29) is 17.3 Å². The van der Waals surface area contributed by atoms with Crippen molar-refractivity contribution in [3.05, 3.63) is 22.0 Å². The van der Waals surface area contributed by atoms with Crippen molar-refractivity contribution in [1.82, 2.24) is 0 Å². The summed E-state index contributed by atoms with van der Waals surface area (Å²) in [5.74, 6) is -0.825. The molecular formula is C7H5BrF4. The molecule has 0 amide bonds. The zero-order chi connectivity index (χ0) is 9.35. The average molecular weight is 245 g/mol. The Balaban J connectivity index is 2.91. The molecule has 5 heteroatoms. The lowest BCUT2D eigenvalue weighted by Gasteiger charge is -2.15. The van der Waals surface area contributed by atoms with E-state index in [1.807, 2.05) is 0 Å². The molecule has 0 aromatic carbocycles. The highest BCUT2D eigenvalue weighted by molar-refractivity contribution is 9.11. The fraction of sp³-hybridized carbons (Fsp3) is 0.429. The number of hydrogen-bond acceptors (Lipinski definition) is 0. The van der Waals surface area contributed by atoms with Crippen LogP contribution in [0.4, 0.5) is 17.6 Å². The smallest absolute Gasteiger partial charge is 0.206 e. The van der Waals surface area contributed by atoms with Gasteiger partial charge in [-0.25, -0.2) is 4.39 Å². The fourth-order valence-corrected chi connectivity index (χ4v) is 1.20. The van der Waals surface area contributed by atoms with Gasteiger partial charge < -0.3 is 0 Å².